The summed E-state index contributed by atoms with van der Waals surface area (Å²) in [5, 5.41) is 3.26. The second-order valence-corrected chi connectivity index (χ2v) is 11.4. The number of piperazine rings is 1. The van der Waals surface area contributed by atoms with Crippen molar-refractivity contribution in [3.05, 3.63) is 143 Å². The largest absolute Gasteiger partial charge is 0.338 e. The average Bonchev–Trinajstić information content (AvgIpc) is 3.41. The molecule has 4 aromatic rings. The van der Waals surface area contributed by atoms with Gasteiger partial charge < -0.3 is 15.1 Å². The van der Waals surface area contributed by atoms with E-state index in [2.05, 4.69) is 5.32 Å². The van der Waals surface area contributed by atoms with E-state index >= 15 is 0 Å². The molecule has 4 unspecified atom stereocenters. The first-order valence-electron chi connectivity index (χ1n) is 14.8. The fourth-order valence-electron chi connectivity index (χ4n) is 6.64. The first kappa shape index (κ1) is 29.4. The summed E-state index contributed by atoms with van der Waals surface area (Å²) in [6.45, 7) is 3.98. The molecule has 2 aliphatic heterocycles. The number of ketones is 1. The first-order chi connectivity index (χ1) is 21.3. The number of hydrogen-bond acceptors (Lipinski definition) is 4. The number of amides is 2. The first-order valence-corrected chi connectivity index (χ1v) is 14.8. The molecule has 6 nitrogen and oxygen atoms in total. The van der Waals surface area contributed by atoms with E-state index in [1.807, 2.05) is 55.5 Å². The van der Waals surface area contributed by atoms with Crippen LogP contribution in [0.4, 0.5) is 8.78 Å². The summed E-state index contributed by atoms with van der Waals surface area (Å²) in [7, 11) is 0. The van der Waals surface area contributed by atoms with Crippen molar-refractivity contribution in [2.45, 2.75) is 24.9 Å². The minimum atomic E-state index is -1.08. The number of benzene rings is 4. The van der Waals surface area contributed by atoms with Crippen molar-refractivity contribution in [2.75, 3.05) is 26.2 Å². The second kappa shape index (κ2) is 12.5. The fourth-order valence-corrected chi connectivity index (χ4v) is 6.64. The molecular formula is C36H33F2N3O3. The number of nitrogens with zero attached hydrogens (tertiary/aromatic N) is 2. The van der Waals surface area contributed by atoms with Crippen LogP contribution in [0.5, 0.6) is 0 Å². The van der Waals surface area contributed by atoms with Gasteiger partial charge in [-0.15, -0.1) is 0 Å². The molecule has 1 N–H and O–H groups in total. The molecule has 8 heteroatoms. The van der Waals surface area contributed by atoms with Crippen molar-refractivity contribution >= 4 is 17.6 Å². The Morgan fingerprint density at radius 3 is 2.00 bits per heavy atom. The molecule has 0 aromatic heterocycles. The minimum Gasteiger partial charge on any atom is -0.338 e. The number of rotatable bonds is 6. The maximum atomic E-state index is 14.7. The Morgan fingerprint density at radius 1 is 0.727 bits per heavy atom. The van der Waals surface area contributed by atoms with Crippen LogP contribution in [-0.4, -0.2) is 59.6 Å². The molecule has 0 aliphatic carbocycles. The lowest BCUT2D eigenvalue weighted by atomic mass is 9.75. The van der Waals surface area contributed by atoms with Crippen LogP contribution in [-0.2, 0) is 4.79 Å². The Morgan fingerprint density at radius 2 is 1.36 bits per heavy atom. The normalized spacial score (nSPS) is 21.7. The summed E-state index contributed by atoms with van der Waals surface area (Å²) in [5.74, 6) is -3.60. The van der Waals surface area contributed by atoms with Crippen molar-refractivity contribution < 1.29 is 23.2 Å². The van der Waals surface area contributed by atoms with Crippen LogP contribution in [0, 0.1) is 24.5 Å². The van der Waals surface area contributed by atoms with Gasteiger partial charge in [-0.2, -0.15) is 0 Å². The van der Waals surface area contributed by atoms with Gasteiger partial charge in [-0.1, -0.05) is 66.2 Å². The number of Topliss-reactive ketones (excluding diaryl/α,β-unsaturated/α-hetero) is 1. The molecule has 6 rings (SSSR count). The number of carbonyl (C=O) groups excluding carboxylic acids is 3. The number of aryl methyl sites for hydroxylation is 1. The topological polar surface area (TPSA) is 69.7 Å². The summed E-state index contributed by atoms with van der Waals surface area (Å²) in [4.78, 5) is 47.2. The summed E-state index contributed by atoms with van der Waals surface area (Å²) in [6.07, 6.45) is 0. The molecule has 2 amide bonds. The van der Waals surface area contributed by atoms with Gasteiger partial charge in [0.05, 0.1) is 12.0 Å². The van der Waals surface area contributed by atoms with Crippen LogP contribution in [0.1, 0.15) is 49.4 Å². The van der Waals surface area contributed by atoms with E-state index in [-0.39, 0.29) is 17.3 Å². The molecule has 4 aromatic carbocycles. The standard InChI is InChI=1S/C36H33F2N3O3/c1-23-6-5-9-27(22-23)34(42)31-30(24-10-14-28(37)15-11-24)33(36(44)40-20-18-39-19-21-40)41(32(31)25-7-3-2-4-8-25)35(43)26-12-16-29(38)17-13-26/h2-17,22,30-33,39H,18-21H2,1H3. The molecule has 2 saturated heterocycles. The molecule has 224 valence electrons. The maximum absolute atomic E-state index is 14.7. The molecule has 4 atom stereocenters. The fraction of sp³-hybridized carbons (Fsp3) is 0.250. The zero-order chi connectivity index (χ0) is 30.8. The van der Waals surface area contributed by atoms with E-state index in [0.717, 1.165) is 5.56 Å². The lowest BCUT2D eigenvalue weighted by Crippen LogP contribution is -2.54. The van der Waals surface area contributed by atoms with Gasteiger partial charge in [0, 0.05) is 43.2 Å². The van der Waals surface area contributed by atoms with E-state index in [1.54, 1.807) is 23.1 Å². The van der Waals surface area contributed by atoms with Crippen LogP contribution in [0.3, 0.4) is 0 Å². The van der Waals surface area contributed by atoms with Gasteiger partial charge in [-0.05, 0) is 60.5 Å². The predicted octanol–water partition coefficient (Wildman–Crippen LogP) is 5.55. The van der Waals surface area contributed by atoms with Crippen molar-refractivity contribution in [3.63, 3.8) is 0 Å². The molecule has 0 radical (unpaired) electrons. The van der Waals surface area contributed by atoms with E-state index in [0.29, 0.717) is 42.9 Å². The zero-order valence-corrected chi connectivity index (χ0v) is 24.3. The molecule has 0 spiro atoms. The lowest BCUT2D eigenvalue weighted by Gasteiger charge is -2.36. The van der Waals surface area contributed by atoms with Gasteiger partial charge in [0.15, 0.2) is 5.78 Å². The third kappa shape index (κ3) is 5.65. The number of hydrogen-bond donors (Lipinski definition) is 1. The summed E-state index contributed by atoms with van der Waals surface area (Å²) in [6, 6.07) is 25.6. The summed E-state index contributed by atoms with van der Waals surface area (Å²) < 4.78 is 28.2. The zero-order valence-electron chi connectivity index (χ0n) is 24.3. The lowest BCUT2D eigenvalue weighted by molar-refractivity contribution is -0.136. The van der Waals surface area contributed by atoms with Crippen LogP contribution >= 0.6 is 0 Å². The van der Waals surface area contributed by atoms with E-state index in [9.17, 15) is 23.2 Å². The van der Waals surface area contributed by atoms with Crippen molar-refractivity contribution in [1.82, 2.24) is 15.1 Å². The average molecular weight is 594 g/mol. The molecule has 2 fully saturated rings. The van der Waals surface area contributed by atoms with E-state index in [1.165, 1.54) is 41.3 Å². The predicted molar refractivity (Wildman–Crippen MR) is 163 cm³/mol. The Bertz CT molecular complexity index is 1650. The van der Waals surface area contributed by atoms with Gasteiger partial charge in [-0.25, -0.2) is 8.78 Å². The maximum Gasteiger partial charge on any atom is 0.255 e. The number of nitrogens with one attached hydrogen (secondary N) is 1. The molecule has 2 heterocycles. The molecule has 44 heavy (non-hydrogen) atoms. The van der Waals surface area contributed by atoms with E-state index < -0.39 is 41.5 Å². The van der Waals surface area contributed by atoms with Gasteiger partial charge in [0.1, 0.15) is 17.7 Å². The SMILES string of the molecule is Cc1cccc(C(=O)C2C(c3ccc(F)cc3)C(C(=O)N3CCNCC3)N(C(=O)c3ccc(F)cc3)C2c2ccccc2)c1. The van der Waals surface area contributed by atoms with Crippen LogP contribution in [0.15, 0.2) is 103 Å². The third-order valence-electron chi connectivity index (χ3n) is 8.68. The number of halogens is 2. The Labute approximate surface area is 255 Å². The van der Waals surface area contributed by atoms with Crippen LogP contribution in [0.25, 0.3) is 0 Å². The smallest absolute Gasteiger partial charge is 0.255 e. The highest BCUT2D eigenvalue weighted by molar-refractivity contribution is 6.04. The van der Waals surface area contributed by atoms with Crippen LogP contribution in [0.2, 0.25) is 0 Å². The Balaban J connectivity index is 1.61. The second-order valence-electron chi connectivity index (χ2n) is 11.4. The highest BCUT2D eigenvalue weighted by Crippen LogP contribution is 2.52. The van der Waals surface area contributed by atoms with Crippen molar-refractivity contribution in [3.8, 4) is 0 Å². The van der Waals surface area contributed by atoms with Gasteiger partial charge >= 0.3 is 0 Å². The highest BCUT2D eigenvalue weighted by Gasteiger charge is 2.58. The minimum absolute atomic E-state index is 0.201. The van der Waals surface area contributed by atoms with Crippen LogP contribution < -0.4 is 5.32 Å². The molecule has 2 aliphatic rings. The molecule has 0 bridgehead atoms. The molecule has 0 saturated carbocycles. The molecular weight excluding hydrogens is 560 g/mol. The Kier molecular flexibility index (Phi) is 8.35. The number of likely N-dealkylation sites (tertiary alicyclic amines) is 1. The van der Waals surface area contributed by atoms with Gasteiger partial charge in [0.2, 0.25) is 5.91 Å². The summed E-state index contributed by atoms with van der Waals surface area (Å²) in [5.41, 5.74) is 2.84. The van der Waals surface area contributed by atoms with Gasteiger partial charge in [0.25, 0.3) is 5.91 Å². The van der Waals surface area contributed by atoms with Crippen molar-refractivity contribution in [1.29, 1.82) is 0 Å². The Hall–Kier alpha value is -4.69. The number of carbonyl (C=O) groups is 3. The van der Waals surface area contributed by atoms with Crippen molar-refractivity contribution in [2.24, 2.45) is 5.92 Å². The summed E-state index contributed by atoms with van der Waals surface area (Å²) >= 11 is 0. The third-order valence-corrected chi connectivity index (χ3v) is 8.68. The quantitative estimate of drug-likeness (QED) is 0.298. The highest BCUT2D eigenvalue weighted by atomic mass is 19.1. The van der Waals surface area contributed by atoms with Gasteiger partial charge in [-0.3, -0.25) is 14.4 Å². The van der Waals surface area contributed by atoms with E-state index in [4.69, 9.17) is 0 Å². The monoisotopic (exact) mass is 593 g/mol.